The molecule has 0 aromatic heterocycles. The highest BCUT2D eigenvalue weighted by atomic mass is 16.2. The van der Waals surface area contributed by atoms with E-state index in [2.05, 4.69) is 5.32 Å². The number of rotatable bonds is 5. The van der Waals surface area contributed by atoms with E-state index in [-0.39, 0.29) is 18.2 Å². The molecule has 92 valence electrons. The summed E-state index contributed by atoms with van der Waals surface area (Å²) in [6.45, 7) is 0.464. The molecule has 17 heavy (non-hydrogen) atoms. The average molecular weight is 237 g/mol. The number of nitrogen functional groups attached to an aromatic ring is 1. The lowest BCUT2D eigenvalue weighted by atomic mass is 10.2. The molecule has 0 atom stereocenters. The van der Waals surface area contributed by atoms with Crippen molar-refractivity contribution in [2.24, 2.45) is 11.7 Å². The van der Waals surface area contributed by atoms with Gasteiger partial charge in [-0.15, -0.1) is 0 Å². The Bertz CT molecular complexity index is 390. The standard InChI is InChI=1S/C10H15N5O2/c11-14-9(16)5-6-13-8-3-1-7(2-4-8)10(17)15-12/h1-4,13H,5-6,11-12H2,(H,14,16)(H,15,17). The summed E-state index contributed by atoms with van der Waals surface area (Å²) in [4.78, 5) is 22.0. The molecule has 1 rings (SSSR count). The third-order valence-corrected chi connectivity index (χ3v) is 2.12. The summed E-state index contributed by atoms with van der Waals surface area (Å²) in [5.74, 6) is 9.35. The SMILES string of the molecule is NNC(=O)CCNc1ccc(C(=O)NN)cc1. The average Bonchev–Trinajstić information content (AvgIpc) is 2.38. The zero-order valence-electron chi connectivity index (χ0n) is 9.19. The smallest absolute Gasteiger partial charge is 0.265 e. The van der Waals surface area contributed by atoms with Gasteiger partial charge in [-0.1, -0.05) is 0 Å². The fourth-order valence-corrected chi connectivity index (χ4v) is 1.22. The first-order valence-electron chi connectivity index (χ1n) is 5.01. The fraction of sp³-hybridized carbons (Fsp3) is 0.200. The lowest BCUT2D eigenvalue weighted by molar-refractivity contribution is -0.120. The molecule has 0 fully saturated rings. The summed E-state index contributed by atoms with van der Waals surface area (Å²) in [6.07, 6.45) is 0.279. The van der Waals surface area contributed by atoms with E-state index in [9.17, 15) is 9.59 Å². The van der Waals surface area contributed by atoms with Crippen molar-refractivity contribution in [3.63, 3.8) is 0 Å². The van der Waals surface area contributed by atoms with Crippen LogP contribution in [0, 0.1) is 0 Å². The lowest BCUT2D eigenvalue weighted by Crippen LogP contribution is -2.31. The molecular weight excluding hydrogens is 222 g/mol. The fourth-order valence-electron chi connectivity index (χ4n) is 1.22. The van der Waals surface area contributed by atoms with Crippen LogP contribution < -0.4 is 27.9 Å². The second-order valence-corrected chi connectivity index (χ2v) is 3.30. The van der Waals surface area contributed by atoms with E-state index in [4.69, 9.17) is 11.7 Å². The first-order chi connectivity index (χ1) is 8.17. The van der Waals surface area contributed by atoms with Gasteiger partial charge in [0.2, 0.25) is 5.91 Å². The molecule has 0 saturated heterocycles. The zero-order valence-corrected chi connectivity index (χ0v) is 9.19. The Morgan fingerprint density at radius 1 is 1.06 bits per heavy atom. The minimum Gasteiger partial charge on any atom is -0.385 e. The maximum absolute atomic E-state index is 11.1. The van der Waals surface area contributed by atoms with Gasteiger partial charge in [-0.25, -0.2) is 11.7 Å². The molecule has 7 heteroatoms. The van der Waals surface area contributed by atoms with E-state index >= 15 is 0 Å². The first-order valence-corrected chi connectivity index (χ1v) is 5.01. The number of anilines is 1. The van der Waals surface area contributed by atoms with Crippen LogP contribution in [0.4, 0.5) is 5.69 Å². The Balaban J connectivity index is 2.46. The molecule has 0 aliphatic heterocycles. The third kappa shape index (κ3) is 4.09. The molecule has 1 aromatic carbocycles. The van der Waals surface area contributed by atoms with Crippen LogP contribution in [0.3, 0.4) is 0 Å². The second kappa shape index (κ2) is 6.46. The third-order valence-electron chi connectivity index (χ3n) is 2.12. The minimum absolute atomic E-state index is 0.239. The van der Waals surface area contributed by atoms with Crippen LogP contribution in [0.2, 0.25) is 0 Å². The van der Waals surface area contributed by atoms with Crippen molar-refractivity contribution < 1.29 is 9.59 Å². The number of amides is 2. The molecule has 0 bridgehead atoms. The van der Waals surface area contributed by atoms with Gasteiger partial charge in [-0.2, -0.15) is 0 Å². The van der Waals surface area contributed by atoms with Crippen LogP contribution in [-0.4, -0.2) is 18.4 Å². The quantitative estimate of drug-likeness (QED) is 0.257. The van der Waals surface area contributed by atoms with Gasteiger partial charge in [0.15, 0.2) is 0 Å². The number of benzene rings is 1. The number of hydrogen-bond donors (Lipinski definition) is 5. The number of carbonyl (C=O) groups is 2. The zero-order chi connectivity index (χ0) is 12.7. The van der Waals surface area contributed by atoms with Crippen molar-refractivity contribution in [2.75, 3.05) is 11.9 Å². The highest BCUT2D eigenvalue weighted by Crippen LogP contribution is 2.09. The largest absolute Gasteiger partial charge is 0.385 e. The van der Waals surface area contributed by atoms with Crippen LogP contribution in [0.15, 0.2) is 24.3 Å². The summed E-state index contributed by atoms with van der Waals surface area (Å²) in [7, 11) is 0. The molecule has 0 radical (unpaired) electrons. The summed E-state index contributed by atoms with van der Waals surface area (Å²) >= 11 is 0. The number of hydrogen-bond acceptors (Lipinski definition) is 5. The van der Waals surface area contributed by atoms with Crippen LogP contribution in [-0.2, 0) is 4.79 Å². The molecule has 0 heterocycles. The lowest BCUT2D eigenvalue weighted by Gasteiger charge is -2.06. The van der Waals surface area contributed by atoms with Crippen LogP contribution in [0.25, 0.3) is 0 Å². The molecule has 0 unspecified atom stereocenters. The van der Waals surface area contributed by atoms with E-state index in [0.717, 1.165) is 5.69 Å². The predicted molar refractivity (Wildman–Crippen MR) is 63.5 cm³/mol. The van der Waals surface area contributed by atoms with Gasteiger partial charge in [0, 0.05) is 24.2 Å². The predicted octanol–water partition coefficient (Wildman–Crippen LogP) is -0.918. The number of hydrazine groups is 2. The molecular formula is C10H15N5O2. The Hall–Kier alpha value is -2.12. The van der Waals surface area contributed by atoms with Gasteiger partial charge in [0.1, 0.15) is 0 Å². The van der Waals surface area contributed by atoms with Crippen LogP contribution in [0.1, 0.15) is 16.8 Å². The minimum atomic E-state index is -0.348. The Morgan fingerprint density at radius 3 is 2.24 bits per heavy atom. The van der Waals surface area contributed by atoms with E-state index in [1.54, 1.807) is 24.3 Å². The van der Waals surface area contributed by atoms with Crippen molar-refractivity contribution in [3.05, 3.63) is 29.8 Å². The van der Waals surface area contributed by atoms with E-state index in [1.165, 1.54) is 0 Å². The van der Waals surface area contributed by atoms with Gasteiger partial charge in [-0.3, -0.25) is 20.4 Å². The summed E-state index contributed by atoms with van der Waals surface area (Å²) in [6, 6.07) is 6.72. The molecule has 0 spiro atoms. The van der Waals surface area contributed by atoms with Gasteiger partial charge in [-0.05, 0) is 24.3 Å². The summed E-state index contributed by atoms with van der Waals surface area (Å²) in [5.41, 5.74) is 5.36. The van der Waals surface area contributed by atoms with Crippen molar-refractivity contribution in [1.29, 1.82) is 0 Å². The van der Waals surface area contributed by atoms with Crippen LogP contribution in [0.5, 0.6) is 0 Å². The molecule has 7 nitrogen and oxygen atoms in total. The summed E-state index contributed by atoms with van der Waals surface area (Å²) < 4.78 is 0. The molecule has 0 aliphatic carbocycles. The van der Waals surface area contributed by atoms with Crippen molar-refractivity contribution in [2.45, 2.75) is 6.42 Å². The molecule has 2 amide bonds. The number of nitrogens with one attached hydrogen (secondary N) is 3. The van der Waals surface area contributed by atoms with Crippen molar-refractivity contribution >= 4 is 17.5 Å². The van der Waals surface area contributed by atoms with E-state index in [1.807, 2.05) is 10.9 Å². The monoisotopic (exact) mass is 237 g/mol. The molecule has 1 aromatic rings. The van der Waals surface area contributed by atoms with Gasteiger partial charge < -0.3 is 5.32 Å². The maximum atomic E-state index is 11.1. The Labute approximate surface area is 98.5 Å². The number of nitrogens with two attached hydrogens (primary N) is 2. The maximum Gasteiger partial charge on any atom is 0.265 e. The normalized spacial score (nSPS) is 9.53. The van der Waals surface area contributed by atoms with Crippen molar-refractivity contribution in [1.82, 2.24) is 10.9 Å². The molecule has 7 N–H and O–H groups in total. The van der Waals surface area contributed by atoms with Gasteiger partial charge in [0.25, 0.3) is 5.91 Å². The summed E-state index contributed by atoms with van der Waals surface area (Å²) in [5, 5.41) is 3.01. The Kier molecular flexibility index (Phi) is 4.92. The topological polar surface area (TPSA) is 122 Å². The second-order valence-electron chi connectivity index (χ2n) is 3.30. The molecule has 0 aliphatic rings. The van der Waals surface area contributed by atoms with Gasteiger partial charge in [0.05, 0.1) is 0 Å². The first kappa shape index (κ1) is 12.9. The highest BCUT2D eigenvalue weighted by molar-refractivity contribution is 5.94. The highest BCUT2D eigenvalue weighted by Gasteiger charge is 2.02. The van der Waals surface area contributed by atoms with Gasteiger partial charge >= 0.3 is 0 Å². The Morgan fingerprint density at radius 2 is 1.71 bits per heavy atom. The van der Waals surface area contributed by atoms with E-state index in [0.29, 0.717) is 12.1 Å². The molecule has 0 saturated carbocycles. The van der Waals surface area contributed by atoms with Crippen LogP contribution >= 0.6 is 0 Å². The van der Waals surface area contributed by atoms with E-state index < -0.39 is 0 Å². The van der Waals surface area contributed by atoms with Crippen molar-refractivity contribution in [3.8, 4) is 0 Å². The number of carbonyl (C=O) groups excluding carboxylic acids is 2.